The van der Waals surface area contributed by atoms with Crippen LogP contribution < -0.4 is 5.32 Å². The second kappa shape index (κ2) is 6.35. The van der Waals surface area contributed by atoms with Crippen LogP contribution in [-0.4, -0.2) is 5.91 Å². The van der Waals surface area contributed by atoms with E-state index in [9.17, 15) is 18.0 Å². The van der Waals surface area contributed by atoms with Crippen LogP contribution in [0, 0.1) is 3.57 Å². The van der Waals surface area contributed by atoms with E-state index in [0.717, 1.165) is 15.7 Å². The Hall–Kier alpha value is -1.09. The number of alkyl halides is 3. The minimum absolute atomic E-state index is 0.0775. The number of nitrogens with one attached hydrogen (secondary N) is 1. The van der Waals surface area contributed by atoms with Crippen LogP contribution in [0.3, 0.4) is 0 Å². The van der Waals surface area contributed by atoms with Gasteiger partial charge in [0.2, 0.25) is 0 Å². The lowest BCUT2D eigenvalue weighted by Gasteiger charge is -2.12. The van der Waals surface area contributed by atoms with E-state index in [-0.39, 0.29) is 5.69 Å². The zero-order valence-corrected chi connectivity index (χ0v) is 14.1. The third-order valence-electron chi connectivity index (χ3n) is 2.63. The van der Waals surface area contributed by atoms with Crippen LogP contribution >= 0.6 is 38.5 Å². The fraction of sp³-hybridized carbons (Fsp3) is 0.0714. The van der Waals surface area contributed by atoms with Gasteiger partial charge >= 0.3 is 6.18 Å². The Morgan fingerprint density at radius 2 is 1.86 bits per heavy atom. The first-order valence-electron chi connectivity index (χ1n) is 5.71. The fourth-order valence-corrected chi connectivity index (χ4v) is 2.51. The first kappa shape index (κ1) is 16.3. The predicted octanol–water partition coefficient (Wildman–Crippen LogP) is 5.32. The van der Waals surface area contributed by atoms with Gasteiger partial charge in [0, 0.05) is 13.6 Å². The quantitative estimate of drug-likeness (QED) is 0.592. The maximum Gasteiger partial charge on any atom is 0.416 e. The number of benzene rings is 2. The molecule has 0 bridgehead atoms. The lowest BCUT2D eigenvalue weighted by Crippen LogP contribution is -2.13. The van der Waals surface area contributed by atoms with Crippen molar-refractivity contribution in [3.05, 3.63) is 61.6 Å². The molecule has 0 atom stereocenters. The van der Waals surface area contributed by atoms with Gasteiger partial charge in [0.15, 0.2) is 0 Å². The summed E-state index contributed by atoms with van der Waals surface area (Å²) in [5.74, 6) is -0.464. The van der Waals surface area contributed by atoms with Gasteiger partial charge < -0.3 is 5.32 Å². The van der Waals surface area contributed by atoms with Crippen molar-refractivity contribution < 1.29 is 18.0 Å². The van der Waals surface area contributed by atoms with Crippen molar-refractivity contribution in [2.24, 2.45) is 0 Å². The molecular formula is C14H8BrF3INO. The Bertz CT molecular complexity index is 688. The van der Waals surface area contributed by atoms with Crippen LogP contribution in [-0.2, 0) is 6.18 Å². The van der Waals surface area contributed by atoms with E-state index < -0.39 is 17.6 Å². The summed E-state index contributed by atoms with van der Waals surface area (Å²) in [4.78, 5) is 12.1. The summed E-state index contributed by atoms with van der Waals surface area (Å²) in [5, 5.41) is 2.48. The molecule has 0 saturated heterocycles. The molecule has 110 valence electrons. The minimum Gasteiger partial charge on any atom is -0.321 e. The first-order chi connectivity index (χ1) is 9.77. The Kier molecular flexibility index (Phi) is 4.92. The zero-order valence-electron chi connectivity index (χ0n) is 10.3. The highest BCUT2D eigenvalue weighted by Gasteiger charge is 2.31. The third kappa shape index (κ3) is 4.19. The van der Waals surface area contributed by atoms with Gasteiger partial charge in [-0.15, -0.1) is 0 Å². The highest BCUT2D eigenvalue weighted by atomic mass is 127. The number of hydrogen-bond acceptors (Lipinski definition) is 1. The summed E-state index contributed by atoms with van der Waals surface area (Å²) in [7, 11) is 0. The van der Waals surface area contributed by atoms with Crippen molar-refractivity contribution in [2.45, 2.75) is 6.18 Å². The third-order valence-corrected chi connectivity index (χ3v) is 3.99. The number of anilines is 1. The van der Waals surface area contributed by atoms with E-state index in [4.69, 9.17) is 0 Å². The molecule has 1 amide bonds. The van der Waals surface area contributed by atoms with Gasteiger partial charge in [0.25, 0.3) is 5.91 Å². The van der Waals surface area contributed by atoms with E-state index in [1.54, 1.807) is 18.2 Å². The van der Waals surface area contributed by atoms with Crippen LogP contribution in [0.25, 0.3) is 0 Å². The predicted molar refractivity (Wildman–Crippen MR) is 86.3 cm³/mol. The van der Waals surface area contributed by atoms with Crippen LogP contribution in [0.5, 0.6) is 0 Å². The number of carbonyl (C=O) groups excluding carboxylic acids is 1. The van der Waals surface area contributed by atoms with E-state index in [0.29, 0.717) is 10.0 Å². The molecule has 0 unspecified atom stereocenters. The van der Waals surface area contributed by atoms with Crippen molar-refractivity contribution in [3.8, 4) is 0 Å². The van der Waals surface area contributed by atoms with E-state index in [2.05, 4.69) is 43.8 Å². The molecule has 1 N–H and O–H groups in total. The molecule has 0 heterocycles. The van der Waals surface area contributed by atoms with Crippen molar-refractivity contribution >= 4 is 50.1 Å². The summed E-state index contributed by atoms with van der Waals surface area (Å²) in [5.41, 5.74) is -0.358. The molecular weight excluding hydrogens is 462 g/mol. The molecule has 0 fully saturated rings. The van der Waals surface area contributed by atoms with Crippen LogP contribution in [0.1, 0.15) is 15.9 Å². The van der Waals surface area contributed by atoms with Crippen LogP contribution in [0.15, 0.2) is 46.9 Å². The van der Waals surface area contributed by atoms with Crippen molar-refractivity contribution in [1.82, 2.24) is 0 Å². The number of rotatable bonds is 2. The highest BCUT2D eigenvalue weighted by Crippen LogP contribution is 2.34. The van der Waals surface area contributed by atoms with Crippen molar-refractivity contribution in [3.63, 3.8) is 0 Å². The van der Waals surface area contributed by atoms with E-state index in [1.807, 2.05) is 6.07 Å². The molecule has 2 aromatic carbocycles. The standard InChI is InChI=1S/C14H8BrF3INO/c15-11-5-4-9(14(16,17)18)7-12(11)20-13(21)8-2-1-3-10(19)6-8/h1-7H,(H,20,21). The molecule has 0 radical (unpaired) electrons. The van der Waals surface area contributed by atoms with Gasteiger partial charge in [0.05, 0.1) is 11.3 Å². The normalized spacial score (nSPS) is 11.3. The second-order valence-corrected chi connectivity index (χ2v) is 6.26. The molecule has 7 heteroatoms. The number of halogens is 5. The number of hydrogen-bond donors (Lipinski definition) is 1. The molecule has 21 heavy (non-hydrogen) atoms. The molecule has 0 aliphatic heterocycles. The fourth-order valence-electron chi connectivity index (χ4n) is 1.62. The smallest absolute Gasteiger partial charge is 0.321 e. The SMILES string of the molecule is O=C(Nc1cc(C(F)(F)F)ccc1Br)c1cccc(I)c1. The average molecular weight is 470 g/mol. The van der Waals surface area contributed by atoms with Gasteiger partial charge in [-0.2, -0.15) is 13.2 Å². The summed E-state index contributed by atoms with van der Waals surface area (Å²) in [6.45, 7) is 0. The molecule has 0 aliphatic carbocycles. The molecule has 0 spiro atoms. The lowest BCUT2D eigenvalue weighted by atomic mass is 10.1. The van der Waals surface area contributed by atoms with Gasteiger partial charge in [-0.05, 0) is 74.9 Å². The molecule has 0 aliphatic rings. The van der Waals surface area contributed by atoms with Crippen LogP contribution in [0.4, 0.5) is 18.9 Å². The number of carbonyl (C=O) groups is 1. The van der Waals surface area contributed by atoms with E-state index >= 15 is 0 Å². The largest absolute Gasteiger partial charge is 0.416 e. The molecule has 2 nitrogen and oxygen atoms in total. The van der Waals surface area contributed by atoms with Gasteiger partial charge in [0.1, 0.15) is 0 Å². The Morgan fingerprint density at radius 3 is 2.48 bits per heavy atom. The Balaban J connectivity index is 2.29. The van der Waals surface area contributed by atoms with Crippen molar-refractivity contribution in [2.75, 3.05) is 5.32 Å². The molecule has 0 saturated carbocycles. The lowest BCUT2D eigenvalue weighted by molar-refractivity contribution is -0.137. The molecule has 2 aromatic rings. The van der Waals surface area contributed by atoms with Gasteiger partial charge in [-0.25, -0.2) is 0 Å². The summed E-state index contributed by atoms with van der Waals surface area (Å²) >= 11 is 5.18. The second-order valence-electron chi connectivity index (χ2n) is 4.16. The van der Waals surface area contributed by atoms with Gasteiger partial charge in [-0.1, -0.05) is 6.07 Å². The molecule has 0 aromatic heterocycles. The minimum atomic E-state index is -4.46. The summed E-state index contributed by atoms with van der Waals surface area (Å²) < 4.78 is 39.3. The number of amides is 1. The monoisotopic (exact) mass is 469 g/mol. The average Bonchev–Trinajstić information content (AvgIpc) is 2.40. The first-order valence-corrected chi connectivity index (χ1v) is 7.58. The Morgan fingerprint density at radius 1 is 1.14 bits per heavy atom. The van der Waals surface area contributed by atoms with Crippen LogP contribution in [0.2, 0.25) is 0 Å². The summed E-state index contributed by atoms with van der Waals surface area (Å²) in [6, 6.07) is 9.88. The maximum absolute atomic E-state index is 12.7. The topological polar surface area (TPSA) is 29.1 Å². The maximum atomic E-state index is 12.7. The highest BCUT2D eigenvalue weighted by molar-refractivity contribution is 14.1. The van der Waals surface area contributed by atoms with Gasteiger partial charge in [-0.3, -0.25) is 4.79 Å². The zero-order chi connectivity index (χ0) is 15.6. The van der Waals surface area contributed by atoms with E-state index in [1.165, 1.54) is 6.07 Å². The summed E-state index contributed by atoms with van der Waals surface area (Å²) in [6.07, 6.45) is -4.46. The molecule has 2 rings (SSSR count). The van der Waals surface area contributed by atoms with Crippen molar-refractivity contribution in [1.29, 1.82) is 0 Å². The Labute approximate surface area is 141 Å².